The van der Waals surface area contributed by atoms with Gasteiger partial charge in [-0.25, -0.2) is 4.39 Å². The van der Waals surface area contributed by atoms with Crippen LogP contribution in [-0.2, 0) is 11.8 Å². The van der Waals surface area contributed by atoms with Gasteiger partial charge in [0.2, 0.25) is 0 Å². The van der Waals surface area contributed by atoms with E-state index >= 15 is 0 Å². The van der Waals surface area contributed by atoms with E-state index in [1.54, 1.807) is 6.07 Å². The van der Waals surface area contributed by atoms with E-state index in [0.29, 0.717) is 5.56 Å². The number of allylic oxidation sites excluding steroid dienone is 1. The van der Waals surface area contributed by atoms with E-state index in [4.69, 9.17) is 6.42 Å². The van der Waals surface area contributed by atoms with Crippen LogP contribution < -0.4 is 0 Å². The second kappa shape index (κ2) is 8.29. The molecule has 2 heteroatoms. The van der Waals surface area contributed by atoms with Gasteiger partial charge in [-0.05, 0) is 72.6 Å². The number of rotatable bonds is 5. The van der Waals surface area contributed by atoms with Crippen molar-refractivity contribution in [2.45, 2.75) is 45.4 Å². The monoisotopic (exact) mass is 387 g/mol. The van der Waals surface area contributed by atoms with Crippen molar-refractivity contribution in [3.63, 3.8) is 0 Å². The first-order valence-electron chi connectivity index (χ1n) is 10.3. The highest BCUT2D eigenvalue weighted by atomic mass is 19.1. The fraction of sp³-hybridized carbons (Fsp3) is 0.333. The quantitative estimate of drug-likeness (QED) is 0.535. The van der Waals surface area contributed by atoms with Crippen LogP contribution in [0, 0.1) is 18.2 Å². The summed E-state index contributed by atoms with van der Waals surface area (Å²) in [7, 11) is 0. The zero-order valence-corrected chi connectivity index (χ0v) is 17.8. The van der Waals surface area contributed by atoms with E-state index in [9.17, 15) is 4.39 Å². The zero-order valence-electron chi connectivity index (χ0n) is 17.8. The highest BCUT2D eigenvalue weighted by Gasteiger charge is 2.32. The average Bonchev–Trinajstić information content (AvgIpc) is 2.73. The second-order valence-electron chi connectivity index (χ2n) is 8.34. The molecule has 0 aromatic heterocycles. The molecular formula is C27H30FN. The van der Waals surface area contributed by atoms with Crippen molar-refractivity contribution >= 4 is 11.3 Å². The number of aryl methyl sites for hydroxylation is 1. The number of terminal acetylenes is 1. The molecule has 0 radical (unpaired) electrons. The smallest absolute Gasteiger partial charge is 0.130 e. The summed E-state index contributed by atoms with van der Waals surface area (Å²) in [5.74, 6) is 2.48. The Hall–Kier alpha value is -2.79. The Kier molecular flexibility index (Phi) is 5.99. The predicted molar refractivity (Wildman–Crippen MR) is 122 cm³/mol. The molecular weight excluding hydrogens is 357 g/mol. The molecule has 0 unspecified atom stereocenters. The van der Waals surface area contributed by atoms with Crippen LogP contribution in [0.3, 0.4) is 0 Å². The number of hydrogen-bond acceptors (Lipinski definition) is 1. The minimum Gasteiger partial charge on any atom is -0.371 e. The normalized spacial score (nSPS) is 15.6. The lowest BCUT2D eigenvalue weighted by Crippen LogP contribution is -2.40. The van der Waals surface area contributed by atoms with Gasteiger partial charge >= 0.3 is 0 Å². The maximum absolute atomic E-state index is 14.4. The molecule has 1 nitrogen and oxygen atoms in total. The number of piperidine rings is 1. The van der Waals surface area contributed by atoms with Crippen molar-refractivity contribution in [2.75, 3.05) is 13.1 Å². The molecule has 29 heavy (non-hydrogen) atoms. The first-order chi connectivity index (χ1) is 13.8. The maximum atomic E-state index is 14.4. The summed E-state index contributed by atoms with van der Waals surface area (Å²) in [6.45, 7) is 16.4. The van der Waals surface area contributed by atoms with Crippen LogP contribution in [0.15, 0.2) is 49.6 Å². The number of hydrogen-bond donors (Lipinski definition) is 0. The van der Waals surface area contributed by atoms with Crippen molar-refractivity contribution in [1.29, 1.82) is 0 Å². The summed E-state index contributed by atoms with van der Waals surface area (Å²) in [4.78, 5) is 2.34. The van der Waals surface area contributed by atoms with E-state index in [1.807, 2.05) is 25.1 Å². The van der Waals surface area contributed by atoms with Gasteiger partial charge in [0.15, 0.2) is 0 Å². The Labute approximate surface area is 175 Å². The average molecular weight is 388 g/mol. The van der Waals surface area contributed by atoms with Gasteiger partial charge in [-0.1, -0.05) is 45.1 Å². The lowest BCUT2D eigenvalue weighted by Gasteiger charge is -2.42. The molecule has 0 bridgehead atoms. The molecule has 1 fully saturated rings. The Morgan fingerprint density at radius 2 is 1.76 bits per heavy atom. The zero-order chi connectivity index (χ0) is 21.2. The van der Waals surface area contributed by atoms with E-state index in [-0.39, 0.29) is 11.2 Å². The second-order valence-corrected chi connectivity index (χ2v) is 8.34. The molecule has 0 aliphatic carbocycles. The largest absolute Gasteiger partial charge is 0.371 e. The lowest BCUT2D eigenvalue weighted by atomic mass is 9.74. The topological polar surface area (TPSA) is 3.24 Å². The van der Waals surface area contributed by atoms with Crippen molar-refractivity contribution in [1.82, 2.24) is 4.90 Å². The molecule has 0 saturated carbocycles. The number of nitrogens with zero attached hydrogens (tertiary/aromatic N) is 1. The highest BCUT2D eigenvalue weighted by molar-refractivity contribution is 5.72. The molecule has 0 spiro atoms. The van der Waals surface area contributed by atoms with Gasteiger partial charge in [0.1, 0.15) is 5.82 Å². The van der Waals surface area contributed by atoms with E-state index in [1.165, 1.54) is 5.56 Å². The van der Waals surface area contributed by atoms with Crippen molar-refractivity contribution in [2.24, 2.45) is 0 Å². The van der Waals surface area contributed by atoms with Gasteiger partial charge in [-0.15, -0.1) is 6.42 Å². The molecule has 2 aromatic carbocycles. The molecule has 0 amide bonds. The highest BCUT2D eigenvalue weighted by Crippen LogP contribution is 2.38. The number of halogens is 1. The van der Waals surface area contributed by atoms with Gasteiger partial charge in [0.25, 0.3) is 0 Å². The summed E-state index contributed by atoms with van der Waals surface area (Å²) in [5.41, 5.74) is 6.71. The van der Waals surface area contributed by atoms with Crippen LogP contribution in [0.5, 0.6) is 0 Å². The van der Waals surface area contributed by atoms with Gasteiger partial charge in [0.05, 0.1) is 0 Å². The van der Waals surface area contributed by atoms with Crippen molar-refractivity contribution in [3.8, 4) is 12.3 Å². The first kappa shape index (κ1) is 20.9. The maximum Gasteiger partial charge on any atom is 0.130 e. The molecule has 0 N–H and O–H groups in total. The van der Waals surface area contributed by atoms with E-state index < -0.39 is 0 Å². The summed E-state index contributed by atoms with van der Waals surface area (Å²) >= 11 is 0. The van der Waals surface area contributed by atoms with Crippen molar-refractivity contribution < 1.29 is 4.39 Å². The third kappa shape index (κ3) is 4.15. The number of benzene rings is 2. The molecule has 1 aliphatic heterocycles. The third-order valence-corrected chi connectivity index (χ3v) is 6.34. The van der Waals surface area contributed by atoms with Crippen molar-refractivity contribution in [3.05, 3.63) is 83.2 Å². The molecule has 150 valence electrons. The Balaban J connectivity index is 1.80. The lowest BCUT2D eigenvalue weighted by molar-refractivity contribution is 0.231. The van der Waals surface area contributed by atoms with Gasteiger partial charge < -0.3 is 4.90 Å². The van der Waals surface area contributed by atoms with Crippen LogP contribution in [0.25, 0.3) is 11.3 Å². The third-order valence-electron chi connectivity index (χ3n) is 6.34. The van der Waals surface area contributed by atoms with Crippen LogP contribution in [0.4, 0.5) is 4.39 Å². The summed E-state index contributed by atoms with van der Waals surface area (Å²) in [6.07, 6.45) is 8.34. The minimum atomic E-state index is -0.201. The molecule has 1 saturated heterocycles. The van der Waals surface area contributed by atoms with E-state index in [0.717, 1.165) is 60.3 Å². The Morgan fingerprint density at radius 3 is 2.28 bits per heavy atom. The molecule has 3 rings (SSSR count). The summed E-state index contributed by atoms with van der Waals surface area (Å²) in [6, 6.07) is 11.9. The van der Waals surface area contributed by atoms with Crippen LogP contribution >= 0.6 is 0 Å². The van der Waals surface area contributed by atoms with Gasteiger partial charge in [-0.2, -0.15) is 0 Å². The molecule has 0 atom stereocenters. The number of likely N-dealkylation sites (tertiary alicyclic amines) is 1. The van der Waals surface area contributed by atoms with Crippen LogP contribution in [0.1, 0.15) is 61.4 Å². The molecule has 2 aromatic rings. The Morgan fingerprint density at radius 1 is 1.14 bits per heavy atom. The molecule has 1 aliphatic rings. The van der Waals surface area contributed by atoms with Gasteiger partial charge in [0, 0.05) is 35.5 Å². The minimum absolute atomic E-state index is 0.128. The van der Waals surface area contributed by atoms with E-state index in [2.05, 4.69) is 50.0 Å². The fourth-order valence-corrected chi connectivity index (χ4v) is 4.20. The Bertz CT molecular complexity index is 967. The molecule has 1 heterocycles. The van der Waals surface area contributed by atoms with Gasteiger partial charge in [-0.3, -0.25) is 0 Å². The summed E-state index contributed by atoms with van der Waals surface area (Å²) in [5, 5.41) is 0. The SMILES string of the molecule is C#Cc1ccc(C2(C)CCN(C(=C)c3cc(C(=C)C)c(F)cc3CC)CC2)cc1. The fourth-order valence-electron chi connectivity index (χ4n) is 4.20. The van der Waals surface area contributed by atoms with Crippen LogP contribution in [0.2, 0.25) is 0 Å². The summed E-state index contributed by atoms with van der Waals surface area (Å²) < 4.78 is 14.4. The first-order valence-corrected chi connectivity index (χ1v) is 10.3. The predicted octanol–water partition coefficient (Wildman–Crippen LogP) is 6.43. The van der Waals surface area contributed by atoms with Crippen LogP contribution in [-0.4, -0.2) is 18.0 Å². The standard InChI is InChI=1S/C27H30FN/c1-7-21-9-11-23(12-10-21)27(6)13-15-29(16-14-27)20(5)25-18-24(19(3)4)26(28)17-22(25)8-2/h1,9-12,17-18H,3,5,8,13-16H2,2,4,6H3.